The van der Waals surface area contributed by atoms with E-state index in [9.17, 15) is 0 Å². The van der Waals surface area contributed by atoms with Crippen molar-refractivity contribution in [1.82, 2.24) is 0 Å². The molecule has 0 saturated carbocycles. The predicted octanol–water partition coefficient (Wildman–Crippen LogP) is 4.37. The number of nitrogens with zero attached hydrogens (tertiary/aromatic N) is 2. The first-order chi connectivity index (χ1) is 13.2. The quantitative estimate of drug-likeness (QED) is 0.791. The molecule has 4 nitrogen and oxygen atoms in total. The van der Waals surface area contributed by atoms with E-state index in [1.54, 1.807) is 0 Å². The molecule has 0 amide bonds. The van der Waals surface area contributed by atoms with Crippen LogP contribution in [0.25, 0.3) is 0 Å². The van der Waals surface area contributed by atoms with Gasteiger partial charge >= 0.3 is 0 Å². The number of rotatable bonds is 4. The largest absolute Gasteiger partial charge is 0.399 e. The summed E-state index contributed by atoms with van der Waals surface area (Å²) in [7, 11) is 0. The highest BCUT2D eigenvalue weighted by Crippen LogP contribution is 2.33. The highest BCUT2D eigenvalue weighted by Gasteiger charge is 2.25. The number of piperidine rings is 2. The van der Waals surface area contributed by atoms with E-state index < -0.39 is 0 Å². The first kappa shape index (κ1) is 18.0. The van der Waals surface area contributed by atoms with Crippen LogP contribution in [0.2, 0.25) is 0 Å². The van der Waals surface area contributed by atoms with E-state index in [1.165, 1.54) is 69.7 Å². The van der Waals surface area contributed by atoms with Gasteiger partial charge in [0.2, 0.25) is 0 Å². The summed E-state index contributed by atoms with van der Waals surface area (Å²) in [4.78, 5) is 5.03. The summed E-state index contributed by atoms with van der Waals surface area (Å²) in [6, 6.07) is 16.7. The Balaban J connectivity index is 1.22. The van der Waals surface area contributed by atoms with Crippen molar-refractivity contribution < 1.29 is 0 Å². The van der Waals surface area contributed by atoms with Crippen LogP contribution >= 0.6 is 0 Å². The fourth-order valence-corrected chi connectivity index (χ4v) is 4.70. The summed E-state index contributed by atoms with van der Waals surface area (Å²) in [5.41, 5.74) is 15.9. The number of benzene rings is 2. The van der Waals surface area contributed by atoms with Crippen molar-refractivity contribution in [2.24, 2.45) is 11.8 Å². The molecular formula is C23H32N4. The topological polar surface area (TPSA) is 58.5 Å². The first-order valence-corrected chi connectivity index (χ1v) is 10.4. The number of nitrogen functional groups attached to an aromatic ring is 2. The number of hydrogen-bond donors (Lipinski definition) is 2. The van der Waals surface area contributed by atoms with Crippen molar-refractivity contribution in [3.8, 4) is 0 Å². The van der Waals surface area contributed by atoms with Gasteiger partial charge in [-0.3, -0.25) is 0 Å². The fraction of sp³-hybridized carbons (Fsp3) is 0.478. The number of hydrogen-bond acceptors (Lipinski definition) is 4. The van der Waals surface area contributed by atoms with E-state index in [4.69, 9.17) is 11.5 Å². The van der Waals surface area contributed by atoms with Crippen LogP contribution in [0.5, 0.6) is 0 Å². The summed E-state index contributed by atoms with van der Waals surface area (Å²) in [6.45, 7) is 4.72. The highest BCUT2D eigenvalue weighted by atomic mass is 15.1. The molecule has 0 atom stereocenters. The average molecular weight is 365 g/mol. The smallest absolute Gasteiger partial charge is 0.0367 e. The third-order valence-electron chi connectivity index (χ3n) is 6.41. The Morgan fingerprint density at radius 1 is 0.593 bits per heavy atom. The van der Waals surface area contributed by atoms with Crippen LogP contribution in [0.4, 0.5) is 22.7 Å². The Labute approximate surface area is 163 Å². The summed E-state index contributed by atoms with van der Waals surface area (Å²) in [5, 5.41) is 0. The Morgan fingerprint density at radius 2 is 0.926 bits per heavy atom. The van der Waals surface area contributed by atoms with E-state index in [0.29, 0.717) is 0 Å². The van der Waals surface area contributed by atoms with Crippen molar-refractivity contribution in [2.45, 2.75) is 32.1 Å². The lowest BCUT2D eigenvalue weighted by molar-refractivity contribution is 0.279. The molecule has 0 unspecified atom stereocenters. The van der Waals surface area contributed by atoms with E-state index >= 15 is 0 Å². The monoisotopic (exact) mass is 364 g/mol. The minimum absolute atomic E-state index is 0.846. The molecule has 144 valence electrons. The first-order valence-electron chi connectivity index (χ1n) is 10.4. The standard InChI is InChI=1S/C23H32N4/c24-20-1-5-22(6-2-20)26-13-9-18(10-14-26)17-19-11-15-27(16-12-19)23-7-3-21(25)4-8-23/h1-8,18-19H,9-17,24-25H2. The SMILES string of the molecule is Nc1ccc(N2CCC(CC3CCN(c4ccc(N)cc4)CC3)CC2)cc1. The number of anilines is 4. The van der Waals surface area contributed by atoms with Gasteiger partial charge in [0.15, 0.2) is 0 Å². The zero-order valence-corrected chi connectivity index (χ0v) is 16.2. The Kier molecular flexibility index (Phi) is 5.42. The van der Waals surface area contributed by atoms with Gasteiger partial charge in [0.1, 0.15) is 0 Å². The molecule has 2 fully saturated rings. The minimum Gasteiger partial charge on any atom is -0.399 e. The molecule has 2 aromatic carbocycles. The van der Waals surface area contributed by atoms with Gasteiger partial charge in [-0.05, 0) is 92.5 Å². The highest BCUT2D eigenvalue weighted by molar-refractivity contribution is 5.54. The molecule has 2 aromatic rings. The Bertz CT molecular complexity index is 646. The van der Waals surface area contributed by atoms with Gasteiger partial charge in [-0.1, -0.05) is 0 Å². The van der Waals surface area contributed by atoms with Gasteiger partial charge in [0.05, 0.1) is 0 Å². The van der Waals surface area contributed by atoms with Gasteiger partial charge in [-0.15, -0.1) is 0 Å². The van der Waals surface area contributed by atoms with Crippen LogP contribution in [0.1, 0.15) is 32.1 Å². The maximum Gasteiger partial charge on any atom is 0.0367 e. The van der Waals surface area contributed by atoms with Crippen molar-refractivity contribution in [2.75, 3.05) is 47.4 Å². The minimum atomic E-state index is 0.846. The van der Waals surface area contributed by atoms with E-state index in [2.05, 4.69) is 34.1 Å². The Morgan fingerprint density at radius 3 is 1.26 bits per heavy atom. The van der Waals surface area contributed by atoms with Crippen LogP contribution < -0.4 is 21.3 Å². The fourth-order valence-electron chi connectivity index (χ4n) is 4.70. The second-order valence-corrected chi connectivity index (χ2v) is 8.28. The molecule has 0 spiro atoms. The van der Waals surface area contributed by atoms with Crippen LogP contribution in [0, 0.1) is 11.8 Å². The molecule has 4 rings (SSSR count). The van der Waals surface area contributed by atoms with Crippen molar-refractivity contribution in [3.63, 3.8) is 0 Å². The molecular weight excluding hydrogens is 332 g/mol. The Hall–Kier alpha value is -2.36. The number of nitrogens with two attached hydrogens (primary N) is 2. The molecule has 27 heavy (non-hydrogen) atoms. The second-order valence-electron chi connectivity index (χ2n) is 8.28. The van der Waals surface area contributed by atoms with Gasteiger partial charge in [0.25, 0.3) is 0 Å². The molecule has 2 saturated heterocycles. The summed E-state index contributed by atoms with van der Waals surface area (Å²) in [5.74, 6) is 1.78. The van der Waals surface area contributed by atoms with Crippen LogP contribution in [0.3, 0.4) is 0 Å². The van der Waals surface area contributed by atoms with Gasteiger partial charge in [-0.25, -0.2) is 0 Å². The van der Waals surface area contributed by atoms with Gasteiger partial charge in [-0.2, -0.15) is 0 Å². The van der Waals surface area contributed by atoms with E-state index in [1.807, 2.05) is 24.3 Å². The second kappa shape index (κ2) is 8.12. The molecule has 0 aliphatic carbocycles. The van der Waals surface area contributed by atoms with Crippen LogP contribution in [-0.4, -0.2) is 26.2 Å². The lowest BCUT2D eigenvalue weighted by atomic mass is 9.82. The van der Waals surface area contributed by atoms with Crippen molar-refractivity contribution in [3.05, 3.63) is 48.5 Å². The summed E-state index contributed by atoms with van der Waals surface area (Å²) < 4.78 is 0. The maximum atomic E-state index is 5.81. The van der Waals surface area contributed by atoms with Crippen LogP contribution in [-0.2, 0) is 0 Å². The zero-order chi connectivity index (χ0) is 18.6. The third kappa shape index (κ3) is 4.49. The molecule has 2 aliphatic heterocycles. The molecule has 0 aromatic heterocycles. The van der Waals surface area contributed by atoms with Gasteiger partial charge in [0, 0.05) is 48.9 Å². The molecule has 0 radical (unpaired) electrons. The predicted molar refractivity (Wildman–Crippen MR) is 116 cm³/mol. The summed E-state index contributed by atoms with van der Waals surface area (Å²) >= 11 is 0. The molecule has 2 aliphatic rings. The lowest BCUT2D eigenvalue weighted by Crippen LogP contribution is -2.37. The maximum absolute atomic E-state index is 5.81. The molecule has 2 heterocycles. The third-order valence-corrected chi connectivity index (χ3v) is 6.41. The molecule has 0 bridgehead atoms. The normalized spacial score (nSPS) is 19.4. The zero-order valence-electron chi connectivity index (χ0n) is 16.2. The molecule has 4 N–H and O–H groups in total. The summed E-state index contributed by atoms with van der Waals surface area (Å²) in [6.07, 6.45) is 6.70. The molecule has 4 heteroatoms. The lowest BCUT2D eigenvalue weighted by Gasteiger charge is -2.38. The average Bonchev–Trinajstić information content (AvgIpc) is 2.71. The van der Waals surface area contributed by atoms with E-state index in [0.717, 1.165) is 23.2 Å². The van der Waals surface area contributed by atoms with Gasteiger partial charge < -0.3 is 21.3 Å². The van der Waals surface area contributed by atoms with Crippen molar-refractivity contribution in [1.29, 1.82) is 0 Å². The van der Waals surface area contributed by atoms with Crippen LogP contribution in [0.15, 0.2) is 48.5 Å². The van der Waals surface area contributed by atoms with Crippen molar-refractivity contribution >= 4 is 22.7 Å². The van der Waals surface area contributed by atoms with E-state index in [-0.39, 0.29) is 0 Å².